The summed E-state index contributed by atoms with van der Waals surface area (Å²) < 4.78 is 0. The van der Waals surface area contributed by atoms with Gasteiger partial charge in [-0.25, -0.2) is 15.0 Å². The van der Waals surface area contributed by atoms with E-state index in [0.29, 0.717) is 29.3 Å². The normalized spacial score (nSPS) is 17.6. The van der Waals surface area contributed by atoms with Crippen molar-refractivity contribution in [3.8, 4) is 67.5 Å². The highest BCUT2D eigenvalue weighted by molar-refractivity contribution is 5.87. The highest BCUT2D eigenvalue weighted by atomic mass is 15.0. The Kier molecular flexibility index (Phi) is 8.32. The van der Waals surface area contributed by atoms with Crippen molar-refractivity contribution in [1.29, 1.82) is 0 Å². The van der Waals surface area contributed by atoms with E-state index in [1.54, 1.807) is 0 Å². The number of allylic oxidation sites excluding steroid dienone is 4. The summed E-state index contributed by atoms with van der Waals surface area (Å²) >= 11 is 0. The summed E-state index contributed by atoms with van der Waals surface area (Å²) in [5.74, 6) is 2.64. The fourth-order valence-corrected chi connectivity index (χ4v) is 10.1. The molecule has 0 saturated carbocycles. The van der Waals surface area contributed by atoms with E-state index in [1.807, 2.05) is 24.3 Å². The minimum Gasteiger partial charge on any atom is -0.208 e. The van der Waals surface area contributed by atoms with Crippen molar-refractivity contribution >= 4 is 5.57 Å². The standard InChI is InChI=1S/C57H45N3/c1-56(2)49-21-13-11-19-45(49)47-29-27-40(34-51(47)56)42-31-43(41-28-30-48-46-20-12-14-22-50(46)57(3,4)52(48)35-41)33-44(32-42)55-59-53(38-17-9-6-10-18-38)58-54(60-55)39-25-23-37(24-26-39)36-15-7-5-8-16-36/h5-35,47,51H,1-4H3. The minimum atomic E-state index is -0.112. The van der Waals surface area contributed by atoms with Crippen molar-refractivity contribution in [2.24, 2.45) is 5.92 Å². The van der Waals surface area contributed by atoms with Gasteiger partial charge in [0.2, 0.25) is 0 Å². The summed E-state index contributed by atoms with van der Waals surface area (Å²) in [6, 6.07) is 61.1. The zero-order valence-electron chi connectivity index (χ0n) is 34.4. The molecular weight excluding hydrogens is 727 g/mol. The van der Waals surface area contributed by atoms with Crippen LogP contribution in [0.25, 0.3) is 73.1 Å². The van der Waals surface area contributed by atoms with E-state index in [2.05, 4.69) is 192 Å². The van der Waals surface area contributed by atoms with Crippen LogP contribution >= 0.6 is 0 Å². The molecule has 0 spiro atoms. The number of aromatic nitrogens is 3. The lowest BCUT2D eigenvalue weighted by Crippen LogP contribution is -2.25. The molecule has 1 aromatic heterocycles. The van der Waals surface area contributed by atoms with Crippen LogP contribution in [-0.4, -0.2) is 15.0 Å². The van der Waals surface area contributed by atoms with Gasteiger partial charge < -0.3 is 0 Å². The van der Waals surface area contributed by atoms with Crippen LogP contribution in [0.3, 0.4) is 0 Å². The summed E-state index contributed by atoms with van der Waals surface area (Å²) in [7, 11) is 0. The Bertz CT molecular complexity index is 3030. The van der Waals surface area contributed by atoms with E-state index in [4.69, 9.17) is 15.0 Å². The Morgan fingerprint density at radius 3 is 1.65 bits per heavy atom. The van der Waals surface area contributed by atoms with Crippen LogP contribution in [-0.2, 0) is 10.8 Å². The van der Waals surface area contributed by atoms with Crippen LogP contribution in [0.15, 0.2) is 188 Å². The Labute approximate surface area is 352 Å². The average Bonchev–Trinajstić information content (AvgIpc) is 3.68. The maximum atomic E-state index is 5.27. The van der Waals surface area contributed by atoms with Gasteiger partial charge in [0.25, 0.3) is 0 Å². The van der Waals surface area contributed by atoms with Crippen LogP contribution in [0, 0.1) is 5.92 Å². The van der Waals surface area contributed by atoms with Gasteiger partial charge >= 0.3 is 0 Å². The molecule has 0 N–H and O–H groups in total. The van der Waals surface area contributed by atoms with Crippen LogP contribution < -0.4 is 0 Å². The highest BCUT2D eigenvalue weighted by Crippen LogP contribution is 2.54. The highest BCUT2D eigenvalue weighted by Gasteiger charge is 2.45. The monoisotopic (exact) mass is 771 g/mol. The van der Waals surface area contributed by atoms with Gasteiger partial charge in [0.1, 0.15) is 0 Å². The van der Waals surface area contributed by atoms with Gasteiger partial charge in [0.15, 0.2) is 17.5 Å². The first-order valence-electron chi connectivity index (χ1n) is 21.1. The zero-order chi connectivity index (χ0) is 40.6. The van der Waals surface area contributed by atoms with Crippen LogP contribution in [0.2, 0.25) is 0 Å². The molecule has 3 aliphatic carbocycles. The number of fused-ring (bicyclic) bond motifs is 6. The van der Waals surface area contributed by atoms with Crippen molar-refractivity contribution in [3.63, 3.8) is 0 Å². The molecule has 0 fully saturated rings. The second kappa shape index (κ2) is 13.8. The zero-order valence-corrected chi connectivity index (χ0v) is 34.4. The Hall–Kier alpha value is -6.97. The molecule has 0 radical (unpaired) electrons. The first-order chi connectivity index (χ1) is 29.2. The van der Waals surface area contributed by atoms with Crippen LogP contribution in [0.4, 0.5) is 0 Å². The Morgan fingerprint density at radius 1 is 0.400 bits per heavy atom. The summed E-state index contributed by atoms with van der Waals surface area (Å²) in [6.07, 6.45) is 7.30. The van der Waals surface area contributed by atoms with Crippen LogP contribution in [0.5, 0.6) is 0 Å². The SMILES string of the molecule is CC1(C)c2ccccc2-c2ccc(-c3cc(C4=CC5C(C=C4)c4ccccc4C5(C)C)cc(-c4nc(-c5ccccc5)nc(-c5ccc(-c6ccccc6)cc5)n4)c3)cc21. The molecule has 2 unspecified atom stereocenters. The molecule has 0 bridgehead atoms. The molecule has 0 saturated heterocycles. The predicted octanol–water partition coefficient (Wildman–Crippen LogP) is 14.2. The van der Waals surface area contributed by atoms with Gasteiger partial charge in [-0.1, -0.05) is 192 Å². The molecular formula is C57H45N3. The van der Waals surface area contributed by atoms with Crippen LogP contribution in [0.1, 0.15) is 61.4 Å². The van der Waals surface area contributed by atoms with Crippen molar-refractivity contribution in [2.45, 2.75) is 44.4 Å². The van der Waals surface area contributed by atoms with Crippen molar-refractivity contribution in [1.82, 2.24) is 15.0 Å². The summed E-state index contributed by atoms with van der Waals surface area (Å²) in [5, 5.41) is 0. The minimum absolute atomic E-state index is 0.00202. The third kappa shape index (κ3) is 5.91. The molecule has 60 heavy (non-hydrogen) atoms. The third-order valence-electron chi connectivity index (χ3n) is 13.4. The second-order valence-corrected chi connectivity index (χ2v) is 17.7. The molecule has 0 aliphatic heterocycles. The first-order valence-corrected chi connectivity index (χ1v) is 21.1. The molecule has 7 aromatic carbocycles. The van der Waals surface area contributed by atoms with Gasteiger partial charge in [0.05, 0.1) is 0 Å². The van der Waals surface area contributed by atoms with Crippen molar-refractivity contribution in [2.75, 3.05) is 0 Å². The third-order valence-corrected chi connectivity index (χ3v) is 13.4. The molecule has 2 atom stereocenters. The molecule has 8 aromatic rings. The number of hydrogen-bond donors (Lipinski definition) is 0. The van der Waals surface area contributed by atoms with Gasteiger partial charge in [-0.15, -0.1) is 0 Å². The number of nitrogens with zero attached hydrogens (tertiary/aromatic N) is 3. The fourth-order valence-electron chi connectivity index (χ4n) is 10.1. The van der Waals surface area contributed by atoms with Crippen molar-refractivity contribution in [3.05, 3.63) is 216 Å². The number of benzene rings is 7. The van der Waals surface area contributed by atoms with E-state index >= 15 is 0 Å². The summed E-state index contributed by atoms with van der Waals surface area (Å²) in [6.45, 7) is 9.50. The molecule has 288 valence electrons. The number of rotatable bonds is 6. The lowest BCUT2D eigenvalue weighted by molar-refractivity contribution is 0.395. The van der Waals surface area contributed by atoms with Gasteiger partial charge in [-0.3, -0.25) is 0 Å². The molecule has 0 amide bonds. The van der Waals surface area contributed by atoms with E-state index < -0.39 is 0 Å². The van der Waals surface area contributed by atoms with E-state index in [9.17, 15) is 0 Å². The molecule has 1 heterocycles. The van der Waals surface area contributed by atoms with Gasteiger partial charge in [0, 0.05) is 28.0 Å². The molecule has 3 nitrogen and oxygen atoms in total. The van der Waals surface area contributed by atoms with Gasteiger partial charge in [-0.2, -0.15) is 0 Å². The largest absolute Gasteiger partial charge is 0.208 e. The lowest BCUT2D eigenvalue weighted by atomic mass is 9.72. The topological polar surface area (TPSA) is 38.7 Å². The quantitative estimate of drug-likeness (QED) is 0.169. The summed E-state index contributed by atoms with van der Waals surface area (Å²) in [4.78, 5) is 15.6. The Balaban J connectivity index is 1.08. The average molecular weight is 772 g/mol. The smallest absolute Gasteiger partial charge is 0.164 e. The maximum Gasteiger partial charge on any atom is 0.164 e. The van der Waals surface area contributed by atoms with Gasteiger partial charge in [-0.05, 0) is 102 Å². The molecule has 3 heteroatoms. The van der Waals surface area contributed by atoms with E-state index in [1.165, 1.54) is 50.1 Å². The Morgan fingerprint density at radius 2 is 0.917 bits per heavy atom. The van der Waals surface area contributed by atoms with Crippen molar-refractivity contribution < 1.29 is 0 Å². The lowest BCUT2D eigenvalue weighted by Gasteiger charge is -2.31. The maximum absolute atomic E-state index is 5.27. The predicted molar refractivity (Wildman–Crippen MR) is 247 cm³/mol. The first kappa shape index (κ1) is 36.1. The molecule has 11 rings (SSSR count). The summed E-state index contributed by atoms with van der Waals surface area (Å²) in [5.41, 5.74) is 18.0. The second-order valence-electron chi connectivity index (χ2n) is 17.7. The van der Waals surface area contributed by atoms with E-state index in [0.717, 1.165) is 33.4 Å². The van der Waals surface area contributed by atoms with E-state index in [-0.39, 0.29) is 10.8 Å². The molecule has 3 aliphatic rings. The number of hydrogen-bond acceptors (Lipinski definition) is 3. The fraction of sp³-hybridized carbons (Fsp3) is 0.140.